The van der Waals surface area contributed by atoms with Gasteiger partial charge >= 0.3 is 0 Å². The lowest BCUT2D eigenvalue weighted by Gasteiger charge is -2.25. The Morgan fingerprint density at radius 2 is 2.12 bits per heavy atom. The third kappa shape index (κ3) is 2.92. The summed E-state index contributed by atoms with van der Waals surface area (Å²) in [5, 5.41) is 0. The lowest BCUT2D eigenvalue weighted by Crippen LogP contribution is -2.42. The van der Waals surface area contributed by atoms with Crippen molar-refractivity contribution in [3.63, 3.8) is 0 Å². The van der Waals surface area contributed by atoms with Crippen LogP contribution in [0.1, 0.15) is 5.69 Å². The van der Waals surface area contributed by atoms with Gasteiger partial charge in [0.1, 0.15) is 13.3 Å². The Morgan fingerprint density at radius 1 is 1.21 bits per heavy atom. The molecule has 2 aromatic heterocycles. The largest absolute Gasteiger partial charge is 0.334 e. The van der Waals surface area contributed by atoms with Gasteiger partial charge < -0.3 is 4.90 Å². The molecule has 1 aliphatic heterocycles. The number of halogens is 1. The first-order valence-electron chi connectivity index (χ1n) is 7.38. The van der Waals surface area contributed by atoms with Crippen LogP contribution in [0.5, 0.6) is 0 Å². The van der Waals surface area contributed by atoms with Crippen molar-refractivity contribution in [2.45, 2.75) is 6.67 Å². The molecule has 4 rings (SSSR count). The summed E-state index contributed by atoms with van der Waals surface area (Å²) in [7, 11) is 0. The summed E-state index contributed by atoms with van der Waals surface area (Å²) in [6.45, 7) is 1.04. The predicted octanol–water partition coefficient (Wildman–Crippen LogP) is 1.95. The quantitative estimate of drug-likeness (QED) is 0.660. The highest BCUT2D eigenvalue weighted by molar-refractivity contribution is 9.10. The number of rotatable bonds is 2. The smallest absolute Gasteiger partial charge is 0.271 e. The highest BCUT2D eigenvalue weighted by Crippen LogP contribution is 2.20. The van der Waals surface area contributed by atoms with Crippen molar-refractivity contribution in [1.82, 2.24) is 9.55 Å². The number of hydrogen-bond acceptors (Lipinski definition) is 5. The van der Waals surface area contributed by atoms with E-state index < -0.39 is 0 Å². The van der Waals surface area contributed by atoms with E-state index in [0.717, 1.165) is 20.7 Å². The van der Waals surface area contributed by atoms with Crippen LogP contribution in [0, 0.1) is 0 Å². The van der Waals surface area contributed by atoms with Crippen LogP contribution in [0.3, 0.4) is 0 Å². The molecule has 0 aliphatic carbocycles. The molecule has 1 aliphatic rings. The molecule has 0 atom stereocenters. The number of fused-ring (bicyclic) bond motifs is 1. The Balaban J connectivity index is 1.73. The second-order valence-corrected chi connectivity index (χ2v) is 7.27. The Hall–Kier alpha value is -2.25. The SMILES string of the molecule is O=c1/c(=C\c2ccccn2)sc2n1CN(c1cccc(Br)c1)CN=2. The number of anilines is 1. The fraction of sp³-hybridized carbons (Fsp3) is 0.118. The zero-order valence-electron chi connectivity index (χ0n) is 12.6. The molecule has 0 saturated carbocycles. The van der Waals surface area contributed by atoms with Crippen LogP contribution in [-0.2, 0) is 6.67 Å². The number of nitrogens with zero attached hydrogens (tertiary/aromatic N) is 4. The van der Waals surface area contributed by atoms with Crippen LogP contribution in [0.2, 0.25) is 0 Å². The Kier molecular flexibility index (Phi) is 4.03. The molecule has 7 heteroatoms. The van der Waals surface area contributed by atoms with Gasteiger partial charge in [-0.25, -0.2) is 4.99 Å². The molecule has 0 radical (unpaired) electrons. The van der Waals surface area contributed by atoms with Crippen LogP contribution in [0.25, 0.3) is 6.08 Å². The Bertz CT molecular complexity index is 1060. The molecule has 0 unspecified atom stereocenters. The van der Waals surface area contributed by atoms with Crippen LogP contribution in [0.4, 0.5) is 5.69 Å². The summed E-state index contributed by atoms with van der Waals surface area (Å²) in [5.41, 5.74) is 1.79. The van der Waals surface area contributed by atoms with Crippen molar-refractivity contribution >= 4 is 39.0 Å². The van der Waals surface area contributed by atoms with Crippen LogP contribution < -0.4 is 19.8 Å². The minimum absolute atomic E-state index is 0.0240. The third-order valence-corrected chi connectivity index (χ3v) is 5.25. The van der Waals surface area contributed by atoms with E-state index in [1.165, 1.54) is 11.3 Å². The molecule has 0 spiro atoms. The molecule has 0 saturated heterocycles. The molecule has 3 aromatic rings. The molecule has 0 bridgehead atoms. The van der Waals surface area contributed by atoms with E-state index in [0.29, 0.717) is 17.9 Å². The van der Waals surface area contributed by atoms with Gasteiger partial charge in [-0.2, -0.15) is 0 Å². The second-order valence-electron chi connectivity index (χ2n) is 5.34. The maximum absolute atomic E-state index is 12.7. The van der Waals surface area contributed by atoms with Gasteiger partial charge in [0.25, 0.3) is 5.56 Å². The summed E-state index contributed by atoms with van der Waals surface area (Å²) in [4.78, 5) is 24.3. The van der Waals surface area contributed by atoms with E-state index in [4.69, 9.17) is 0 Å². The van der Waals surface area contributed by atoms with Gasteiger partial charge in [0.05, 0.1) is 10.2 Å². The van der Waals surface area contributed by atoms with Gasteiger partial charge in [0.15, 0.2) is 4.80 Å². The lowest BCUT2D eigenvalue weighted by atomic mass is 10.3. The van der Waals surface area contributed by atoms with Crippen molar-refractivity contribution in [1.29, 1.82) is 0 Å². The van der Waals surface area contributed by atoms with Gasteiger partial charge in [0.2, 0.25) is 0 Å². The standard InChI is InChI=1S/C17H13BrN4OS/c18-12-4-3-6-14(8-12)21-10-20-17-22(11-21)16(23)15(24-17)9-13-5-1-2-7-19-13/h1-9H,10-11H2/b15-9+. The molecular weight excluding hydrogens is 388 g/mol. The molecule has 5 nitrogen and oxygen atoms in total. The fourth-order valence-corrected chi connectivity index (χ4v) is 3.88. The van der Waals surface area contributed by atoms with Gasteiger partial charge in [-0.15, -0.1) is 0 Å². The van der Waals surface area contributed by atoms with E-state index in [9.17, 15) is 4.79 Å². The zero-order chi connectivity index (χ0) is 16.5. The summed E-state index contributed by atoms with van der Waals surface area (Å²) < 4.78 is 3.38. The Morgan fingerprint density at radius 3 is 2.92 bits per heavy atom. The monoisotopic (exact) mass is 400 g/mol. The summed E-state index contributed by atoms with van der Waals surface area (Å²) >= 11 is 4.89. The number of aromatic nitrogens is 2. The van der Waals surface area contributed by atoms with Gasteiger partial charge in [-0.3, -0.25) is 14.3 Å². The Labute approximate surface area is 150 Å². The van der Waals surface area contributed by atoms with Crippen LogP contribution in [-0.4, -0.2) is 16.2 Å². The zero-order valence-corrected chi connectivity index (χ0v) is 15.0. The lowest BCUT2D eigenvalue weighted by molar-refractivity contribution is 0.569. The van der Waals surface area contributed by atoms with Crippen molar-refractivity contribution in [2.24, 2.45) is 4.99 Å². The average Bonchev–Trinajstić information content (AvgIpc) is 2.91. The highest BCUT2D eigenvalue weighted by Gasteiger charge is 2.16. The maximum Gasteiger partial charge on any atom is 0.271 e. The average molecular weight is 401 g/mol. The molecule has 120 valence electrons. The first kappa shape index (κ1) is 15.3. The molecule has 0 amide bonds. The maximum atomic E-state index is 12.7. The van der Waals surface area contributed by atoms with E-state index in [-0.39, 0.29) is 5.56 Å². The summed E-state index contributed by atoms with van der Waals surface area (Å²) in [6.07, 6.45) is 3.54. The molecule has 0 N–H and O–H groups in total. The van der Waals surface area contributed by atoms with Crippen LogP contribution in [0.15, 0.2) is 62.9 Å². The number of benzene rings is 1. The fourth-order valence-electron chi connectivity index (χ4n) is 2.54. The predicted molar refractivity (Wildman–Crippen MR) is 98.7 cm³/mol. The molecule has 3 heterocycles. The van der Waals surface area contributed by atoms with Gasteiger partial charge in [-0.1, -0.05) is 39.4 Å². The summed E-state index contributed by atoms with van der Waals surface area (Å²) in [6, 6.07) is 13.6. The van der Waals surface area contributed by atoms with E-state index in [1.54, 1.807) is 10.8 Å². The molecule has 24 heavy (non-hydrogen) atoms. The third-order valence-electron chi connectivity index (χ3n) is 3.72. The topological polar surface area (TPSA) is 50.5 Å². The van der Waals surface area contributed by atoms with E-state index in [1.807, 2.05) is 48.5 Å². The molecule has 1 aromatic carbocycles. The minimum atomic E-state index is -0.0240. The molecular formula is C17H13BrN4OS. The van der Waals surface area contributed by atoms with Crippen molar-refractivity contribution in [3.8, 4) is 0 Å². The number of thiazole rings is 1. The van der Waals surface area contributed by atoms with Crippen molar-refractivity contribution in [2.75, 3.05) is 11.6 Å². The number of pyridine rings is 1. The van der Waals surface area contributed by atoms with E-state index in [2.05, 4.69) is 30.8 Å². The van der Waals surface area contributed by atoms with Crippen molar-refractivity contribution in [3.05, 3.63) is 78.5 Å². The minimum Gasteiger partial charge on any atom is -0.334 e. The van der Waals surface area contributed by atoms with Crippen molar-refractivity contribution < 1.29 is 0 Å². The van der Waals surface area contributed by atoms with E-state index >= 15 is 0 Å². The first-order chi connectivity index (χ1) is 11.7. The van der Waals surface area contributed by atoms with Gasteiger partial charge in [-0.05, 0) is 36.4 Å². The highest BCUT2D eigenvalue weighted by atomic mass is 79.9. The first-order valence-corrected chi connectivity index (χ1v) is 8.99. The molecule has 0 fully saturated rings. The number of hydrogen-bond donors (Lipinski definition) is 0. The van der Waals surface area contributed by atoms with Gasteiger partial charge in [0, 0.05) is 16.4 Å². The summed E-state index contributed by atoms with van der Waals surface area (Å²) in [5.74, 6) is 0. The van der Waals surface area contributed by atoms with Crippen LogP contribution >= 0.6 is 27.3 Å². The normalized spacial score (nSPS) is 14.4. The second kappa shape index (κ2) is 6.33.